The molecule has 4 rings (SSSR count). The first-order valence-corrected chi connectivity index (χ1v) is 13.8. The van der Waals surface area contributed by atoms with Crippen molar-refractivity contribution >= 4 is 32.8 Å². The van der Waals surface area contributed by atoms with Gasteiger partial charge in [0.05, 0.1) is 24.4 Å². The molecule has 1 N–H and O–H groups in total. The summed E-state index contributed by atoms with van der Waals surface area (Å²) in [5, 5.41) is 3.21. The number of anilines is 1. The Kier molecular flexibility index (Phi) is 8.01. The molecule has 3 heterocycles. The Balaban J connectivity index is 1.79. The third-order valence-electron chi connectivity index (χ3n) is 6.32. The van der Waals surface area contributed by atoms with Gasteiger partial charge >= 0.3 is 5.97 Å². The smallest absolute Gasteiger partial charge is 0.330 e. The fourth-order valence-corrected chi connectivity index (χ4v) is 5.32. The minimum Gasteiger partial charge on any atom is -0.466 e. The number of aromatic nitrogens is 4. The number of halogens is 2. The Hall–Kier alpha value is -4.19. The normalized spacial score (nSPS) is 13.1. The largest absolute Gasteiger partial charge is 0.466 e. The zero-order valence-corrected chi connectivity index (χ0v) is 23.5. The number of carbonyl (C=O) groups is 1. The maximum Gasteiger partial charge on any atom is 0.330 e. The van der Waals surface area contributed by atoms with Crippen LogP contribution in [-0.4, -0.2) is 46.5 Å². The van der Waals surface area contributed by atoms with E-state index in [1.54, 1.807) is 18.2 Å². The topological polar surface area (TPSA) is 116 Å². The summed E-state index contributed by atoms with van der Waals surface area (Å²) in [5.41, 5.74) is 0.619. The van der Waals surface area contributed by atoms with Gasteiger partial charge in [-0.2, -0.15) is 0 Å². The lowest BCUT2D eigenvalue weighted by molar-refractivity contribution is -0.134. The number of hydrogen-bond donors (Lipinski definition) is 1. The maximum absolute atomic E-state index is 14.9. The zero-order valence-electron chi connectivity index (χ0n) is 22.6. The predicted octanol–water partition coefficient (Wildman–Crippen LogP) is 5.26. The van der Waals surface area contributed by atoms with Crippen LogP contribution in [0.1, 0.15) is 32.8 Å². The molecule has 1 unspecified atom stereocenters. The molecular weight excluding hydrogens is 540 g/mol. The van der Waals surface area contributed by atoms with Crippen LogP contribution in [0.15, 0.2) is 66.0 Å². The van der Waals surface area contributed by atoms with Crippen molar-refractivity contribution in [3.8, 4) is 11.4 Å². The highest BCUT2D eigenvalue weighted by Crippen LogP contribution is 2.33. The molecule has 4 aromatic rings. The van der Waals surface area contributed by atoms with Gasteiger partial charge in [-0.3, -0.25) is 0 Å². The number of fused-ring (bicyclic) bond motifs is 1. The summed E-state index contributed by atoms with van der Waals surface area (Å²) in [5.74, 6) is -2.11. The second-order valence-electron chi connectivity index (χ2n) is 10.3. The molecule has 0 amide bonds. The molecule has 0 radical (unpaired) electrons. The van der Waals surface area contributed by atoms with E-state index in [2.05, 4.69) is 25.0 Å². The number of nitrogens with zero attached hydrogens (tertiary/aromatic N) is 4. The number of hydrogen-bond acceptors (Lipinski definition) is 8. The molecule has 0 aliphatic heterocycles. The second-order valence-corrected chi connectivity index (χ2v) is 12.1. The van der Waals surface area contributed by atoms with Gasteiger partial charge < -0.3 is 10.1 Å². The number of pyridine rings is 1. The van der Waals surface area contributed by atoms with Gasteiger partial charge in [0, 0.05) is 29.3 Å². The van der Waals surface area contributed by atoms with Crippen LogP contribution in [0.3, 0.4) is 0 Å². The van der Waals surface area contributed by atoms with E-state index in [4.69, 9.17) is 0 Å². The highest BCUT2D eigenvalue weighted by atomic mass is 32.2. The lowest BCUT2D eigenvalue weighted by Crippen LogP contribution is -2.34. The quantitative estimate of drug-likeness (QED) is 0.226. The summed E-state index contributed by atoms with van der Waals surface area (Å²) in [4.78, 5) is 23.9. The fourth-order valence-electron chi connectivity index (χ4n) is 4.00. The van der Waals surface area contributed by atoms with Gasteiger partial charge in [0.25, 0.3) is 10.0 Å². The monoisotopic (exact) mass is 569 g/mol. The van der Waals surface area contributed by atoms with E-state index in [-0.39, 0.29) is 44.6 Å². The van der Waals surface area contributed by atoms with Crippen molar-refractivity contribution in [3.63, 3.8) is 0 Å². The Morgan fingerprint density at radius 2 is 1.85 bits per heavy atom. The van der Waals surface area contributed by atoms with Crippen LogP contribution in [0, 0.1) is 24.0 Å². The molecule has 12 heteroatoms. The van der Waals surface area contributed by atoms with E-state index in [0.717, 1.165) is 28.0 Å². The number of benzene rings is 1. The van der Waals surface area contributed by atoms with Crippen LogP contribution in [0.5, 0.6) is 0 Å². The van der Waals surface area contributed by atoms with E-state index in [0.29, 0.717) is 6.42 Å². The molecule has 0 saturated heterocycles. The molecule has 210 valence electrons. The molecule has 0 fully saturated rings. The predicted molar refractivity (Wildman–Crippen MR) is 147 cm³/mol. The van der Waals surface area contributed by atoms with E-state index in [1.807, 2.05) is 27.7 Å². The van der Waals surface area contributed by atoms with Crippen molar-refractivity contribution in [1.29, 1.82) is 0 Å². The Labute approximate surface area is 231 Å². The highest BCUT2D eigenvalue weighted by Gasteiger charge is 2.27. The number of ether oxygens (including phenoxy) is 1. The molecule has 3 aromatic heterocycles. The van der Waals surface area contributed by atoms with Crippen molar-refractivity contribution in [2.24, 2.45) is 5.41 Å². The van der Waals surface area contributed by atoms with Crippen LogP contribution in [0.25, 0.3) is 22.4 Å². The fraction of sp³-hybridized carbons (Fsp3) is 0.286. The molecule has 9 nitrogen and oxygen atoms in total. The van der Waals surface area contributed by atoms with Crippen LogP contribution in [-0.2, 0) is 19.6 Å². The van der Waals surface area contributed by atoms with Gasteiger partial charge in [-0.05, 0) is 37.0 Å². The molecule has 0 bridgehead atoms. The number of carbonyl (C=O) groups excluding carboxylic acids is 1. The van der Waals surface area contributed by atoms with E-state index >= 15 is 0 Å². The number of aryl methyl sites for hydroxylation is 1. The molecular formula is C28H29F2N5O4S. The van der Waals surface area contributed by atoms with E-state index in [1.165, 1.54) is 31.5 Å². The third-order valence-corrected chi connectivity index (χ3v) is 7.99. The highest BCUT2D eigenvalue weighted by molar-refractivity contribution is 7.90. The number of nitrogens with one attached hydrogen (secondary N) is 1. The van der Waals surface area contributed by atoms with Crippen LogP contribution in [0.4, 0.5) is 14.6 Å². The molecule has 0 spiro atoms. The maximum atomic E-state index is 14.9. The van der Waals surface area contributed by atoms with Crippen LogP contribution < -0.4 is 5.32 Å². The summed E-state index contributed by atoms with van der Waals surface area (Å²) in [7, 11) is -2.85. The lowest BCUT2D eigenvalue weighted by Gasteiger charge is -2.31. The lowest BCUT2D eigenvalue weighted by atomic mass is 9.84. The number of rotatable bonds is 8. The van der Waals surface area contributed by atoms with Crippen LogP contribution >= 0.6 is 0 Å². The summed E-state index contributed by atoms with van der Waals surface area (Å²) < 4.78 is 61.8. The SMILES string of the molecule is COC(=O)/C=C/CC(Nc1nc(-c2cn(S(=O)(=O)c3ccc(C)cc3)c3ncc(F)cc23)ncc1F)C(C)(C)C. The molecule has 0 aliphatic carbocycles. The summed E-state index contributed by atoms with van der Waals surface area (Å²) in [6.45, 7) is 7.65. The Morgan fingerprint density at radius 3 is 2.50 bits per heavy atom. The van der Waals surface area contributed by atoms with Gasteiger partial charge in [-0.25, -0.2) is 40.9 Å². The average Bonchev–Trinajstić information content (AvgIpc) is 3.28. The first-order chi connectivity index (χ1) is 18.8. The van der Waals surface area contributed by atoms with Gasteiger partial charge in [-0.15, -0.1) is 0 Å². The third kappa shape index (κ3) is 6.01. The van der Waals surface area contributed by atoms with E-state index < -0.39 is 27.6 Å². The molecule has 1 atom stereocenters. The molecule has 1 aromatic carbocycles. The molecule has 0 aliphatic rings. The van der Waals surface area contributed by atoms with Gasteiger partial charge in [-0.1, -0.05) is 44.5 Å². The summed E-state index contributed by atoms with van der Waals surface area (Å²) >= 11 is 0. The van der Waals surface area contributed by atoms with Crippen molar-refractivity contribution in [2.75, 3.05) is 12.4 Å². The van der Waals surface area contributed by atoms with Gasteiger partial charge in [0.15, 0.2) is 23.1 Å². The molecule has 0 saturated carbocycles. The first kappa shape index (κ1) is 28.8. The standard InChI is InChI=1S/C28H29F2N5O4S/c1-17-9-11-19(12-10-17)40(37,38)35-16-21(20-13-18(29)14-32-27(20)35)25-31-15-22(30)26(34-25)33-23(28(2,3)4)7-6-8-24(36)39-5/h6,8-16,23H,7H2,1-5H3,(H,31,33,34)/b8-6+. The van der Waals surface area contributed by atoms with Gasteiger partial charge in [0.2, 0.25) is 0 Å². The van der Waals surface area contributed by atoms with Crippen molar-refractivity contribution in [3.05, 3.63) is 78.3 Å². The zero-order chi connectivity index (χ0) is 29.2. The van der Waals surface area contributed by atoms with E-state index in [9.17, 15) is 22.0 Å². The van der Waals surface area contributed by atoms with Crippen molar-refractivity contribution < 1.29 is 26.7 Å². The summed E-state index contributed by atoms with van der Waals surface area (Å²) in [6.07, 6.45) is 6.38. The minimum atomic E-state index is -4.12. The Morgan fingerprint density at radius 1 is 1.15 bits per heavy atom. The minimum absolute atomic E-state index is 0.0167. The Bertz CT molecular complexity index is 1690. The van der Waals surface area contributed by atoms with Crippen molar-refractivity contribution in [1.82, 2.24) is 18.9 Å². The van der Waals surface area contributed by atoms with Gasteiger partial charge in [0.1, 0.15) is 5.82 Å². The molecule has 40 heavy (non-hydrogen) atoms. The number of methoxy groups -OCH3 is 1. The first-order valence-electron chi connectivity index (χ1n) is 12.3. The van der Waals surface area contributed by atoms with Crippen molar-refractivity contribution in [2.45, 2.75) is 45.1 Å². The second kappa shape index (κ2) is 11.1. The number of esters is 1. The summed E-state index contributed by atoms with van der Waals surface area (Å²) in [6, 6.07) is 7.04. The average molecular weight is 570 g/mol. The van der Waals surface area contributed by atoms with Crippen LogP contribution in [0.2, 0.25) is 0 Å².